The van der Waals surface area contributed by atoms with Crippen LogP contribution in [0.3, 0.4) is 0 Å². The number of halogens is 2. The molecule has 0 aliphatic heterocycles. The first-order valence-corrected chi connectivity index (χ1v) is 8.53. The smallest absolute Gasteiger partial charge is 0.349 e. The zero-order chi connectivity index (χ0) is 18.0. The van der Waals surface area contributed by atoms with E-state index in [1.54, 1.807) is 44.2 Å². The van der Waals surface area contributed by atoms with Crippen molar-refractivity contribution >= 4 is 40.2 Å². The van der Waals surface area contributed by atoms with Crippen LogP contribution in [-0.2, 0) is 9.53 Å². The molecule has 0 fully saturated rings. The summed E-state index contributed by atoms with van der Waals surface area (Å²) >= 11 is 12.1. The highest BCUT2D eigenvalue weighted by Crippen LogP contribution is 2.27. The van der Waals surface area contributed by atoms with Crippen molar-refractivity contribution in [3.05, 3.63) is 52.5 Å². The Labute approximate surface area is 155 Å². The zero-order valence-electron chi connectivity index (χ0n) is 13.7. The fourth-order valence-electron chi connectivity index (χ4n) is 2.38. The van der Waals surface area contributed by atoms with Crippen LogP contribution >= 0.6 is 23.2 Å². The second-order valence-corrected chi connectivity index (χ2v) is 6.24. The fourth-order valence-corrected chi connectivity index (χ4v) is 2.67. The zero-order valence-corrected chi connectivity index (χ0v) is 15.2. The Morgan fingerprint density at radius 3 is 2.52 bits per heavy atom. The highest BCUT2D eigenvalue weighted by atomic mass is 35.5. The van der Waals surface area contributed by atoms with E-state index in [1.807, 2.05) is 12.1 Å². The second kappa shape index (κ2) is 7.33. The van der Waals surface area contributed by atoms with Gasteiger partial charge in [-0.1, -0.05) is 23.2 Å². The summed E-state index contributed by atoms with van der Waals surface area (Å²) in [5.41, 5.74) is 2.16. The Morgan fingerprint density at radius 1 is 1.16 bits per heavy atom. The topological polar surface area (TPSA) is 53.4 Å². The maximum Gasteiger partial charge on any atom is 0.349 e. The number of fused-ring (bicyclic) bond motifs is 1. The molecule has 2 aromatic carbocycles. The van der Waals surface area contributed by atoms with Crippen molar-refractivity contribution in [3.63, 3.8) is 0 Å². The van der Waals surface area contributed by atoms with Gasteiger partial charge in [0.05, 0.1) is 12.1 Å². The van der Waals surface area contributed by atoms with Crippen molar-refractivity contribution in [2.24, 2.45) is 0 Å². The molecule has 3 aromatic rings. The first kappa shape index (κ1) is 17.6. The van der Waals surface area contributed by atoms with Crippen molar-refractivity contribution in [2.45, 2.75) is 20.0 Å². The molecule has 25 heavy (non-hydrogen) atoms. The van der Waals surface area contributed by atoms with Crippen molar-refractivity contribution < 1.29 is 14.4 Å². The molecule has 7 heteroatoms. The molecule has 0 N–H and O–H groups in total. The van der Waals surface area contributed by atoms with E-state index in [0.717, 1.165) is 5.56 Å². The van der Waals surface area contributed by atoms with Crippen LogP contribution in [0.5, 0.6) is 0 Å². The molecule has 0 radical (unpaired) electrons. The van der Waals surface area contributed by atoms with Crippen molar-refractivity contribution in [1.82, 2.24) is 9.71 Å². The average Bonchev–Trinajstić information content (AvgIpc) is 2.93. The van der Waals surface area contributed by atoms with E-state index in [9.17, 15) is 4.79 Å². The van der Waals surface area contributed by atoms with E-state index in [2.05, 4.69) is 4.98 Å². The van der Waals surface area contributed by atoms with Gasteiger partial charge in [-0.2, -0.15) is 4.73 Å². The number of carbonyl (C=O) groups is 1. The number of ether oxygens (including phenoxy) is 1. The van der Waals surface area contributed by atoms with Gasteiger partial charge in [0, 0.05) is 15.6 Å². The third-order valence-corrected chi connectivity index (χ3v) is 4.05. The van der Waals surface area contributed by atoms with Crippen LogP contribution in [0.4, 0.5) is 0 Å². The standard InChI is InChI=1S/C18H16Cl2N2O3/c1-3-24-18(23)11(2)25-22-16-10-14(20)8-9-15(16)21-17(22)12-4-6-13(19)7-5-12/h4-11H,3H2,1-2H3/t11-/m0/s1. The molecule has 130 valence electrons. The summed E-state index contributed by atoms with van der Waals surface area (Å²) in [7, 11) is 0. The summed E-state index contributed by atoms with van der Waals surface area (Å²) in [6, 6.07) is 12.5. The lowest BCUT2D eigenvalue weighted by molar-refractivity contribution is -0.155. The number of nitrogens with zero attached hydrogens (tertiary/aromatic N) is 2. The van der Waals surface area contributed by atoms with Gasteiger partial charge < -0.3 is 9.57 Å². The second-order valence-electron chi connectivity index (χ2n) is 5.37. The molecule has 0 aliphatic carbocycles. The minimum atomic E-state index is -0.803. The third-order valence-electron chi connectivity index (χ3n) is 3.56. The van der Waals surface area contributed by atoms with Crippen LogP contribution in [0.1, 0.15) is 13.8 Å². The maximum atomic E-state index is 11.9. The molecule has 1 aromatic heterocycles. The maximum absolute atomic E-state index is 11.9. The minimum Gasteiger partial charge on any atom is -0.463 e. The molecule has 1 atom stereocenters. The van der Waals surface area contributed by atoms with Gasteiger partial charge in [-0.15, -0.1) is 0 Å². The minimum absolute atomic E-state index is 0.285. The van der Waals surface area contributed by atoms with Crippen molar-refractivity contribution in [1.29, 1.82) is 0 Å². The van der Waals surface area contributed by atoms with Crippen LogP contribution in [0, 0.1) is 0 Å². The molecular formula is C18H16Cl2N2O3. The predicted molar refractivity (Wildman–Crippen MR) is 97.9 cm³/mol. The van der Waals surface area contributed by atoms with Crippen LogP contribution < -0.4 is 4.84 Å². The molecule has 3 rings (SSSR count). The molecule has 1 heterocycles. The number of hydrogen-bond donors (Lipinski definition) is 0. The lowest BCUT2D eigenvalue weighted by atomic mass is 10.2. The molecule has 0 spiro atoms. The molecule has 0 aliphatic rings. The van der Waals surface area contributed by atoms with Crippen LogP contribution in [0.15, 0.2) is 42.5 Å². The Morgan fingerprint density at radius 2 is 1.84 bits per heavy atom. The summed E-state index contributed by atoms with van der Waals surface area (Å²) < 4.78 is 6.51. The van der Waals surface area contributed by atoms with Crippen molar-refractivity contribution in [3.8, 4) is 11.4 Å². The number of carbonyl (C=O) groups excluding carboxylic acids is 1. The Hall–Kier alpha value is -2.24. The summed E-state index contributed by atoms with van der Waals surface area (Å²) in [5, 5.41) is 1.17. The largest absolute Gasteiger partial charge is 0.463 e. The lowest BCUT2D eigenvalue weighted by Gasteiger charge is -2.16. The molecule has 0 bridgehead atoms. The highest BCUT2D eigenvalue weighted by molar-refractivity contribution is 6.31. The summed E-state index contributed by atoms with van der Waals surface area (Å²) in [6.07, 6.45) is -0.803. The van der Waals surface area contributed by atoms with Crippen LogP contribution in [0.2, 0.25) is 10.0 Å². The van der Waals surface area contributed by atoms with Gasteiger partial charge in [0.25, 0.3) is 0 Å². The van der Waals surface area contributed by atoms with Gasteiger partial charge in [0.2, 0.25) is 6.10 Å². The molecule has 0 saturated heterocycles. The lowest BCUT2D eigenvalue weighted by Crippen LogP contribution is -2.32. The number of esters is 1. The number of aromatic nitrogens is 2. The van der Waals surface area contributed by atoms with Gasteiger partial charge in [-0.05, 0) is 56.3 Å². The Kier molecular flexibility index (Phi) is 5.16. The van der Waals surface area contributed by atoms with Crippen molar-refractivity contribution in [2.75, 3.05) is 6.61 Å². The quantitative estimate of drug-likeness (QED) is 0.617. The normalized spacial score (nSPS) is 12.2. The summed E-state index contributed by atoms with van der Waals surface area (Å²) in [4.78, 5) is 22.4. The fraction of sp³-hybridized carbons (Fsp3) is 0.222. The van der Waals surface area contributed by atoms with E-state index in [1.165, 1.54) is 4.73 Å². The first-order chi connectivity index (χ1) is 12.0. The van der Waals surface area contributed by atoms with E-state index in [-0.39, 0.29) is 6.61 Å². The molecular weight excluding hydrogens is 363 g/mol. The molecule has 0 unspecified atom stereocenters. The molecule has 0 saturated carbocycles. The van der Waals surface area contributed by atoms with E-state index in [4.69, 9.17) is 32.8 Å². The van der Waals surface area contributed by atoms with Crippen LogP contribution in [0.25, 0.3) is 22.4 Å². The first-order valence-electron chi connectivity index (χ1n) is 7.77. The third kappa shape index (κ3) is 3.72. The van der Waals surface area contributed by atoms with Gasteiger partial charge in [-0.25, -0.2) is 9.78 Å². The number of rotatable bonds is 5. The van der Waals surface area contributed by atoms with Gasteiger partial charge in [0.15, 0.2) is 5.82 Å². The summed E-state index contributed by atoms with van der Waals surface area (Å²) in [6.45, 7) is 3.66. The van der Waals surface area contributed by atoms with Gasteiger partial charge in [0.1, 0.15) is 5.52 Å². The van der Waals surface area contributed by atoms with E-state index < -0.39 is 12.1 Å². The number of imidazole rings is 1. The van der Waals surface area contributed by atoms with E-state index >= 15 is 0 Å². The predicted octanol–water partition coefficient (Wildman–Crippen LogP) is 4.39. The number of benzene rings is 2. The molecule has 5 nitrogen and oxygen atoms in total. The Balaban J connectivity index is 2.09. The number of hydrogen-bond acceptors (Lipinski definition) is 4. The SMILES string of the molecule is CCOC(=O)[C@H](C)On1c(-c2ccc(Cl)cc2)nc2ccc(Cl)cc21. The Bertz CT molecular complexity index is 907. The molecule has 0 amide bonds. The van der Waals surface area contributed by atoms with Crippen LogP contribution in [-0.4, -0.2) is 28.4 Å². The van der Waals surface area contributed by atoms with Gasteiger partial charge in [-0.3, -0.25) is 0 Å². The van der Waals surface area contributed by atoms with E-state index in [0.29, 0.717) is 26.9 Å². The average molecular weight is 379 g/mol. The summed E-state index contributed by atoms with van der Waals surface area (Å²) in [5.74, 6) is 0.0958. The van der Waals surface area contributed by atoms with Gasteiger partial charge >= 0.3 is 5.97 Å². The highest BCUT2D eigenvalue weighted by Gasteiger charge is 2.21. The monoisotopic (exact) mass is 378 g/mol.